The minimum absolute atomic E-state index is 0.236. The fourth-order valence-corrected chi connectivity index (χ4v) is 2.00. The molecule has 0 unspecified atom stereocenters. The SMILES string of the molecule is Cn1cnc2cc(-c3cccnc3C(N)=O)cnc21. The predicted molar refractivity (Wildman–Crippen MR) is 70.3 cm³/mol. The number of rotatable bonds is 2. The smallest absolute Gasteiger partial charge is 0.267 e. The van der Waals surface area contributed by atoms with Gasteiger partial charge in [0.1, 0.15) is 11.2 Å². The van der Waals surface area contributed by atoms with Crippen molar-refractivity contribution >= 4 is 17.1 Å². The molecule has 94 valence electrons. The Morgan fingerprint density at radius 1 is 1.32 bits per heavy atom. The number of aryl methyl sites for hydroxylation is 1. The third-order valence-corrected chi connectivity index (χ3v) is 2.90. The summed E-state index contributed by atoms with van der Waals surface area (Å²) in [6.45, 7) is 0. The Kier molecular flexibility index (Phi) is 2.49. The molecular weight excluding hydrogens is 242 g/mol. The molecule has 0 bridgehead atoms. The largest absolute Gasteiger partial charge is 0.364 e. The van der Waals surface area contributed by atoms with Crippen LogP contribution in [-0.2, 0) is 7.05 Å². The monoisotopic (exact) mass is 253 g/mol. The molecule has 6 nitrogen and oxygen atoms in total. The molecule has 0 saturated carbocycles. The lowest BCUT2D eigenvalue weighted by Crippen LogP contribution is -2.14. The molecule has 0 spiro atoms. The van der Waals surface area contributed by atoms with Crippen molar-refractivity contribution in [2.45, 2.75) is 0 Å². The molecule has 0 atom stereocenters. The minimum atomic E-state index is -0.559. The highest BCUT2D eigenvalue weighted by molar-refractivity contribution is 5.98. The Morgan fingerprint density at radius 3 is 2.95 bits per heavy atom. The molecule has 3 aromatic heterocycles. The summed E-state index contributed by atoms with van der Waals surface area (Å²) < 4.78 is 1.83. The molecule has 3 aromatic rings. The van der Waals surface area contributed by atoms with E-state index in [1.165, 1.54) is 6.20 Å². The van der Waals surface area contributed by atoms with Crippen LogP contribution in [0.3, 0.4) is 0 Å². The van der Waals surface area contributed by atoms with Gasteiger partial charge in [0.2, 0.25) is 0 Å². The van der Waals surface area contributed by atoms with Crippen LogP contribution in [0.25, 0.3) is 22.3 Å². The van der Waals surface area contributed by atoms with Crippen molar-refractivity contribution < 1.29 is 4.79 Å². The Balaban J connectivity index is 2.22. The van der Waals surface area contributed by atoms with Gasteiger partial charge in [-0.05, 0) is 12.1 Å². The lowest BCUT2D eigenvalue weighted by Gasteiger charge is -2.05. The number of nitrogens with zero attached hydrogens (tertiary/aromatic N) is 4. The Bertz CT molecular complexity index is 778. The number of hydrogen-bond donors (Lipinski definition) is 1. The van der Waals surface area contributed by atoms with Gasteiger partial charge in [0, 0.05) is 30.6 Å². The van der Waals surface area contributed by atoms with E-state index >= 15 is 0 Å². The van der Waals surface area contributed by atoms with Crippen LogP contribution >= 0.6 is 0 Å². The third-order valence-electron chi connectivity index (χ3n) is 2.90. The molecule has 3 heterocycles. The zero-order chi connectivity index (χ0) is 13.4. The standard InChI is InChI=1S/C13H11N5O/c1-18-7-17-10-5-8(6-16-13(10)18)9-3-2-4-15-11(9)12(14)19/h2-7H,1H3,(H2,14,19). The second-order valence-electron chi connectivity index (χ2n) is 4.19. The van der Waals surface area contributed by atoms with Crippen LogP contribution in [0.5, 0.6) is 0 Å². The summed E-state index contributed by atoms with van der Waals surface area (Å²) in [5, 5.41) is 0. The lowest BCUT2D eigenvalue weighted by molar-refractivity contribution is 0.0996. The van der Waals surface area contributed by atoms with E-state index in [1.54, 1.807) is 24.7 Å². The van der Waals surface area contributed by atoms with Crippen molar-refractivity contribution in [1.82, 2.24) is 19.5 Å². The van der Waals surface area contributed by atoms with E-state index in [1.807, 2.05) is 17.7 Å². The van der Waals surface area contributed by atoms with E-state index in [9.17, 15) is 4.79 Å². The van der Waals surface area contributed by atoms with Crippen LogP contribution < -0.4 is 5.73 Å². The zero-order valence-corrected chi connectivity index (χ0v) is 10.2. The highest BCUT2D eigenvalue weighted by Gasteiger charge is 2.12. The van der Waals surface area contributed by atoms with Gasteiger partial charge in [0.05, 0.1) is 6.33 Å². The third kappa shape index (κ3) is 1.83. The first-order valence-electron chi connectivity index (χ1n) is 5.69. The predicted octanol–water partition coefficient (Wildman–Crippen LogP) is 1.13. The van der Waals surface area contributed by atoms with Gasteiger partial charge in [-0.3, -0.25) is 9.78 Å². The summed E-state index contributed by atoms with van der Waals surface area (Å²) in [6, 6.07) is 5.41. The zero-order valence-electron chi connectivity index (χ0n) is 10.2. The number of aromatic nitrogens is 4. The Morgan fingerprint density at radius 2 is 2.16 bits per heavy atom. The van der Waals surface area contributed by atoms with Gasteiger partial charge in [-0.1, -0.05) is 6.07 Å². The molecule has 0 aliphatic carbocycles. The Labute approximate surface area is 108 Å². The molecule has 3 rings (SSSR count). The molecule has 0 aliphatic rings. The average molecular weight is 253 g/mol. The first-order valence-corrected chi connectivity index (χ1v) is 5.69. The van der Waals surface area contributed by atoms with Gasteiger partial charge < -0.3 is 10.3 Å². The molecule has 19 heavy (non-hydrogen) atoms. The summed E-state index contributed by atoms with van der Waals surface area (Å²) in [5.74, 6) is -0.559. The fraction of sp³-hybridized carbons (Fsp3) is 0.0769. The van der Waals surface area contributed by atoms with Crippen molar-refractivity contribution in [2.75, 3.05) is 0 Å². The number of imidazole rings is 1. The van der Waals surface area contributed by atoms with E-state index in [0.717, 1.165) is 16.7 Å². The molecule has 2 N–H and O–H groups in total. The molecule has 0 aromatic carbocycles. The normalized spacial score (nSPS) is 10.8. The number of amides is 1. The number of nitrogens with two attached hydrogens (primary N) is 1. The van der Waals surface area contributed by atoms with Gasteiger partial charge in [-0.15, -0.1) is 0 Å². The molecule has 6 heteroatoms. The van der Waals surface area contributed by atoms with Gasteiger partial charge in [-0.2, -0.15) is 0 Å². The van der Waals surface area contributed by atoms with E-state index in [-0.39, 0.29) is 5.69 Å². The number of fused-ring (bicyclic) bond motifs is 1. The number of primary amides is 1. The topological polar surface area (TPSA) is 86.7 Å². The van der Waals surface area contributed by atoms with Crippen molar-refractivity contribution in [3.8, 4) is 11.1 Å². The second-order valence-corrected chi connectivity index (χ2v) is 4.19. The first-order chi connectivity index (χ1) is 9.16. The van der Waals surface area contributed by atoms with E-state index in [2.05, 4.69) is 15.0 Å². The highest BCUT2D eigenvalue weighted by Crippen LogP contribution is 2.23. The van der Waals surface area contributed by atoms with E-state index in [0.29, 0.717) is 5.56 Å². The van der Waals surface area contributed by atoms with Gasteiger partial charge in [0.25, 0.3) is 5.91 Å². The summed E-state index contributed by atoms with van der Waals surface area (Å²) >= 11 is 0. The summed E-state index contributed by atoms with van der Waals surface area (Å²) in [6.07, 6.45) is 4.92. The maximum Gasteiger partial charge on any atom is 0.267 e. The first kappa shape index (κ1) is 11.3. The van der Waals surface area contributed by atoms with Gasteiger partial charge in [-0.25, -0.2) is 9.97 Å². The van der Waals surface area contributed by atoms with Crippen molar-refractivity contribution in [2.24, 2.45) is 12.8 Å². The summed E-state index contributed by atoms with van der Waals surface area (Å²) in [5.41, 5.74) is 8.54. The van der Waals surface area contributed by atoms with Crippen molar-refractivity contribution in [1.29, 1.82) is 0 Å². The van der Waals surface area contributed by atoms with Crippen LogP contribution in [0, 0.1) is 0 Å². The second kappa shape index (κ2) is 4.16. The number of pyridine rings is 2. The number of carbonyl (C=O) groups is 1. The van der Waals surface area contributed by atoms with Gasteiger partial charge in [0.15, 0.2) is 5.65 Å². The highest BCUT2D eigenvalue weighted by atomic mass is 16.1. The average Bonchev–Trinajstić information content (AvgIpc) is 2.80. The Hall–Kier alpha value is -2.76. The fourth-order valence-electron chi connectivity index (χ4n) is 2.00. The van der Waals surface area contributed by atoms with Crippen LogP contribution in [0.4, 0.5) is 0 Å². The molecular formula is C13H11N5O. The lowest BCUT2D eigenvalue weighted by atomic mass is 10.1. The quantitative estimate of drug-likeness (QED) is 0.741. The molecule has 0 radical (unpaired) electrons. The van der Waals surface area contributed by atoms with E-state index in [4.69, 9.17) is 5.73 Å². The van der Waals surface area contributed by atoms with Crippen LogP contribution in [0.15, 0.2) is 36.9 Å². The maximum absolute atomic E-state index is 11.4. The number of hydrogen-bond acceptors (Lipinski definition) is 4. The van der Waals surface area contributed by atoms with Crippen molar-refractivity contribution in [3.05, 3.63) is 42.6 Å². The summed E-state index contributed by atoms with van der Waals surface area (Å²) in [4.78, 5) is 24.0. The summed E-state index contributed by atoms with van der Waals surface area (Å²) in [7, 11) is 1.88. The molecule has 0 fully saturated rings. The van der Waals surface area contributed by atoms with Crippen LogP contribution in [0.2, 0.25) is 0 Å². The molecule has 0 aliphatic heterocycles. The number of carbonyl (C=O) groups excluding carboxylic acids is 1. The molecule has 0 saturated heterocycles. The van der Waals surface area contributed by atoms with E-state index < -0.39 is 5.91 Å². The van der Waals surface area contributed by atoms with Crippen LogP contribution in [0.1, 0.15) is 10.5 Å². The van der Waals surface area contributed by atoms with Gasteiger partial charge >= 0.3 is 0 Å². The maximum atomic E-state index is 11.4. The minimum Gasteiger partial charge on any atom is -0.364 e. The van der Waals surface area contributed by atoms with Crippen LogP contribution in [-0.4, -0.2) is 25.4 Å². The van der Waals surface area contributed by atoms with Crippen molar-refractivity contribution in [3.63, 3.8) is 0 Å². The molecule has 1 amide bonds.